The van der Waals surface area contributed by atoms with Gasteiger partial charge < -0.3 is 0 Å². The lowest BCUT2D eigenvalue weighted by molar-refractivity contribution is 0.560. The van der Waals surface area contributed by atoms with Crippen LogP contribution in [0.1, 0.15) is 5.56 Å². The zero-order chi connectivity index (χ0) is 15.3. The van der Waals surface area contributed by atoms with Crippen molar-refractivity contribution in [2.45, 2.75) is 17.4 Å². The van der Waals surface area contributed by atoms with E-state index in [1.807, 2.05) is 30.3 Å². The van der Waals surface area contributed by atoms with Crippen molar-refractivity contribution >= 4 is 21.6 Å². The molecular weight excluding hydrogens is 313 g/mol. The molecule has 2 aromatic rings. The molecule has 21 heavy (non-hydrogen) atoms. The molecule has 6 heteroatoms. The minimum atomic E-state index is -3.71. The second kappa shape index (κ2) is 7.02. The Bertz CT molecular complexity index is 675. The van der Waals surface area contributed by atoms with Crippen molar-refractivity contribution in [2.75, 3.05) is 5.88 Å². The molecule has 1 unspecified atom stereocenters. The molecule has 0 bridgehead atoms. The molecule has 0 amide bonds. The summed E-state index contributed by atoms with van der Waals surface area (Å²) in [6.07, 6.45) is 0.491. The topological polar surface area (TPSA) is 46.2 Å². The molecule has 0 aliphatic heterocycles. The molecular formula is C15H15ClFNO2S. The summed E-state index contributed by atoms with van der Waals surface area (Å²) in [7, 11) is -3.71. The third kappa shape index (κ3) is 4.52. The SMILES string of the molecule is O=S(=O)(NC(CCl)Cc1ccccc1)c1ccc(F)cc1. The summed E-state index contributed by atoms with van der Waals surface area (Å²) in [5, 5.41) is 0. The predicted molar refractivity (Wildman–Crippen MR) is 81.4 cm³/mol. The van der Waals surface area contributed by atoms with Crippen molar-refractivity contribution in [1.82, 2.24) is 4.72 Å². The second-order valence-corrected chi connectivity index (χ2v) is 6.64. The zero-order valence-corrected chi connectivity index (χ0v) is 12.7. The van der Waals surface area contributed by atoms with Crippen molar-refractivity contribution < 1.29 is 12.8 Å². The Morgan fingerprint density at radius 2 is 1.67 bits per heavy atom. The average Bonchev–Trinajstić information content (AvgIpc) is 2.48. The summed E-state index contributed by atoms with van der Waals surface area (Å²) in [6, 6.07) is 13.7. The van der Waals surface area contributed by atoms with E-state index in [0.717, 1.165) is 17.7 Å². The number of alkyl halides is 1. The van der Waals surface area contributed by atoms with E-state index in [0.29, 0.717) is 6.42 Å². The molecule has 0 aromatic heterocycles. The molecule has 2 rings (SSSR count). The van der Waals surface area contributed by atoms with Gasteiger partial charge in [-0.15, -0.1) is 11.6 Å². The third-order valence-electron chi connectivity index (χ3n) is 2.96. The van der Waals surface area contributed by atoms with Crippen LogP contribution in [0, 0.1) is 5.82 Å². The van der Waals surface area contributed by atoms with E-state index < -0.39 is 21.9 Å². The fourth-order valence-electron chi connectivity index (χ4n) is 1.93. The van der Waals surface area contributed by atoms with Gasteiger partial charge in [0, 0.05) is 11.9 Å². The smallest absolute Gasteiger partial charge is 0.207 e. The molecule has 0 radical (unpaired) electrons. The fourth-order valence-corrected chi connectivity index (χ4v) is 3.44. The van der Waals surface area contributed by atoms with Gasteiger partial charge in [-0.05, 0) is 36.2 Å². The van der Waals surface area contributed by atoms with Crippen molar-refractivity contribution in [1.29, 1.82) is 0 Å². The first-order chi connectivity index (χ1) is 10.0. The number of hydrogen-bond acceptors (Lipinski definition) is 2. The standard InChI is InChI=1S/C15H15ClFNO2S/c16-11-14(10-12-4-2-1-3-5-12)18-21(19,20)15-8-6-13(17)7-9-15/h1-9,14,18H,10-11H2. The maximum absolute atomic E-state index is 12.9. The van der Waals surface area contributed by atoms with E-state index in [1.54, 1.807) is 0 Å². The minimum absolute atomic E-state index is 0.0204. The Morgan fingerprint density at radius 3 is 2.24 bits per heavy atom. The van der Waals surface area contributed by atoms with Gasteiger partial charge in [0.1, 0.15) is 5.82 Å². The van der Waals surface area contributed by atoms with Crippen LogP contribution in [-0.4, -0.2) is 20.3 Å². The van der Waals surface area contributed by atoms with Gasteiger partial charge in [-0.25, -0.2) is 17.5 Å². The number of sulfonamides is 1. The zero-order valence-electron chi connectivity index (χ0n) is 11.2. The van der Waals surface area contributed by atoms with Gasteiger partial charge in [-0.2, -0.15) is 0 Å². The summed E-state index contributed by atoms with van der Waals surface area (Å²) in [5.74, 6) is -0.331. The van der Waals surface area contributed by atoms with Crippen LogP contribution in [0.2, 0.25) is 0 Å². The second-order valence-electron chi connectivity index (χ2n) is 4.62. The molecule has 2 aromatic carbocycles. The molecule has 1 atom stereocenters. The minimum Gasteiger partial charge on any atom is -0.207 e. The first-order valence-electron chi connectivity index (χ1n) is 6.39. The van der Waals surface area contributed by atoms with Crippen molar-refractivity contribution in [3.05, 3.63) is 66.0 Å². The quantitative estimate of drug-likeness (QED) is 0.829. The van der Waals surface area contributed by atoms with Crippen LogP contribution in [0.5, 0.6) is 0 Å². The predicted octanol–water partition coefficient (Wildman–Crippen LogP) is 2.95. The number of halogens is 2. The van der Waals surface area contributed by atoms with E-state index in [1.165, 1.54) is 12.1 Å². The van der Waals surface area contributed by atoms with E-state index >= 15 is 0 Å². The molecule has 0 aliphatic rings. The molecule has 0 aliphatic carbocycles. The Labute approximate surface area is 128 Å². The summed E-state index contributed by atoms with van der Waals surface area (Å²) in [6.45, 7) is 0. The van der Waals surface area contributed by atoms with Crippen LogP contribution >= 0.6 is 11.6 Å². The molecule has 1 N–H and O–H groups in total. The van der Waals surface area contributed by atoms with Crippen LogP contribution in [0.3, 0.4) is 0 Å². The highest BCUT2D eigenvalue weighted by atomic mass is 35.5. The highest BCUT2D eigenvalue weighted by Gasteiger charge is 2.19. The normalized spacial score (nSPS) is 13.0. The van der Waals surface area contributed by atoms with Gasteiger partial charge in [0.05, 0.1) is 4.90 Å². The van der Waals surface area contributed by atoms with Crippen LogP contribution in [0.15, 0.2) is 59.5 Å². The molecule has 0 spiro atoms. The highest BCUT2D eigenvalue weighted by molar-refractivity contribution is 7.89. The average molecular weight is 328 g/mol. The molecule has 0 saturated heterocycles. The van der Waals surface area contributed by atoms with E-state index in [4.69, 9.17) is 11.6 Å². The van der Waals surface area contributed by atoms with E-state index in [-0.39, 0.29) is 10.8 Å². The van der Waals surface area contributed by atoms with Gasteiger partial charge in [0.2, 0.25) is 10.0 Å². The van der Waals surface area contributed by atoms with Crippen LogP contribution in [0.4, 0.5) is 4.39 Å². The van der Waals surface area contributed by atoms with E-state index in [2.05, 4.69) is 4.72 Å². The van der Waals surface area contributed by atoms with Gasteiger partial charge in [0.25, 0.3) is 0 Å². The largest absolute Gasteiger partial charge is 0.240 e. The summed E-state index contributed by atoms with van der Waals surface area (Å²) in [5.41, 5.74) is 0.991. The Balaban J connectivity index is 2.12. The number of hydrogen-bond donors (Lipinski definition) is 1. The van der Waals surface area contributed by atoms with Crippen molar-refractivity contribution in [2.24, 2.45) is 0 Å². The maximum atomic E-state index is 12.9. The monoisotopic (exact) mass is 327 g/mol. The molecule has 112 valence electrons. The summed E-state index contributed by atoms with van der Waals surface area (Å²) < 4.78 is 39.8. The molecule has 0 saturated carbocycles. The highest BCUT2D eigenvalue weighted by Crippen LogP contribution is 2.12. The van der Waals surface area contributed by atoms with Gasteiger partial charge in [0.15, 0.2) is 0 Å². The number of benzene rings is 2. The summed E-state index contributed by atoms with van der Waals surface area (Å²) in [4.78, 5) is 0.0204. The first kappa shape index (κ1) is 15.9. The lowest BCUT2D eigenvalue weighted by Gasteiger charge is -2.16. The Hall–Kier alpha value is -1.43. The lowest BCUT2D eigenvalue weighted by Crippen LogP contribution is -2.37. The number of rotatable bonds is 6. The van der Waals surface area contributed by atoms with Crippen LogP contribution in [0.25, 0.3) is 0 Å². The number of nitrogens with one attached hydrogen (secondary N) is 1. The molecule has 3 nitrogen and oxygen atoms in total. The van der Waals surface area contributed by atoms with Crippen molar-refractivity contribution in [3.8, 4) is 0 Å². The first-order valence-corrected chi connectivity index (χ1v) is 8.41. The Kier molecular flexibility index (Phi) is 5.33. The maximum Gasteiger partial charge on any atom is 0.240 e. The lowest BCUT2D eigenvalue weighted by atomic mass is 10.1. The van der Waals surface area contributed by atoms with Crippen molar-refractivity contribution in [3.63, 3.8) is 0 Å². The Morgan fingerprint density at radius 1 is 1.05 bits per heavy atom. The fraction of sp³-hybridized carbons (Fsp3) is 0.200. The molecule has 0 heterocycles. The van der Waals surface area contributed by atoms with Gasteiger partial charge in [-0.3, -0.25) is 0 Å². The summed E-state index contributed by atoms with van der Waals surface area (Å²) >= 11 is 5.85. The van der Waals surface area contributed by atoms with Crippen LogP contribution in [-0.2, 0) is 16.4 Å². The molecule has 0 fully saturated rings. The van der Waals surface area contributed by atoms with Gasteiger partial charge >= 0.3 is 0 Å². The van der Waals surface area contributed by atoms with E-state index in [9.17, 15) is 12.8 Å². The van der Waals surface area contributed by atoms with Gasteiger partial charge in [-0.1, -0.05) is 30.3 Å². The van der Waals surface area contributed by atoms with Crippen LogP contribution < -0.4 is 4.72 Å². The third-order valence-corrected chi connectivity index (χ3v) is 4.87.